The van der Waals surface area contributed by atoms with E-state index in [0.29, 0.717) is 11.5 Å². The predicted molar refractivity (Wildman–Crippen MR) is 67.8 cm³/mol. The Morgan fingerprint density at radius 3 is 2.50 bits per heavy atom. The second-order valence-electron chi connectivity index (χ2n) is 4.67. The van der Waals surface area contributed by atoms with Crippen LogP contribution < -0.4 is 5.32 Å². The lowest BCUT2D eigenvalue weighted by atomic mass is 9.88. The van der Waals surface area contributed by atoms with E-state index < -0.39 is 0 Å². The van der Waals surface area contributed by atoms with E-state index in [4.69, 9.17) is 0 Å². The van der Waals surface area contributed by atoms with Gasteiger partial charge in [0.05, 0.1) is 3.79 Å². The average Bonchev–Trinajstić information content (AvgIpc) is 2.45. The highest BCUT2D eigenvalue weighted by molar-refractivity contribution is 9.11. The average molecular weight is 276 g/mol. The molecule has 1 aromatic heterocycles. The summed E-state index contributed by atoms with van der Waals surface area (Å²) >= 11 is 5.26. The van der Waals surface area contributed by atoms with Crippen LogP contribution in [0.2, 0.25) is 0 Å². The minimum absolute atomic E-state index is 0.328. The van der Waals surface area contributed by atoms with Crippen LogP contribution in [-0.2, 0) is 6.54 Å². The molecule has 3 heteroatoms. The molecule has 1 rings (SSSR count). The van der Waals surface area contributed by atoms with Gasteiger partial charge in [0.25, 0.3) is 0 Å². The molecule has 0 aliphatic carbocycles. The van der Waals surface area contributed by atoms with Crippen molar-refractivity contribution in [2.45, 2.75) is 40.3 Å². The first-order valence-corrected chi connectivity index (χ1v) is 6.48. The molecule has 0 aliphatic rings. The Morgan fingerprint density at radius 2 is 2.07 bits per heavy atom. The van der Waals surface area contributed by atoms with E-state index in [2.05, 4.69) is 61.1 Å². The Bertz CT molecular complexity index is 288. The third kappa shape index (κ3) is 3.71. The topological polar surface area (TPSA) is 12.0 Å². The Hall–Kier alpha value is 0.140. The van der Waals surface area contributed by atoms with Gasteiger partial charge in [-0.15, -0.1) is 11.3 Å². The standard InChI is InChI=1S/C11H18BrNS/c1-8(11(2,3)4)13-7-9-5-6-10(12)14-9/h5-6,8,13H,7H2,1-4H3. The third-order valence-electron chi connectivity index (χ3n) is 2.51. The van der Waals surface area contributed by atoms with Crippen LogP contribution in [0.3, 0.4) is 0 Å². The van der Waals surface area contributed by atoms with Crippen LogP contribution >= 0.6 is 27.3 Å². The van der Waals surface area contributed by atoms with E-state index in [1.54, 1.807) is 11.3 Å². The highest BCUT2D eigenvalue weighted by atomic mass is 79.9. The highest BCUT2D eigenvalue weighted by Gasteiger charge is 2.19. The van der Waals surface area contributed by atoms with Crippen LogP contribution in [0.4, 0.5) is 0 Å². The maximum atomic E-state index is 3.54. The van der Waals surface area contributed by atoms with Gasteiger partial charge in [-0.05, 0) is 40.4 Å². The Balaban J connectivity index is 2.41. The Labute approximate surface area is 99.0 Å². The van der Waals surface area contributed by atoms with E-state index in [1.165, 1.54) is 8.66 Å². The summed E-state index contributed by atoms with van der Waals surface area (Å²) in [7, 11) is 0. The summed E-state index contributed by atoms with van der Waals surface area (Å²) < 4.78 is 1.21. The summed E-state index contributed by atoms with van der Waals surface area (Å²) in [5.74, 6) is 0. The molecule has 0 aliphatic heterocycles. The van der Waals surface area contributed by atoms with Crippen molar-refractivity contribution in [3.05, 3.63) is 20.8 Å². The van der Waals surface area contributed by atoms with Gasteiger partial charge < -0.3 is 5.32 Å². The molecule has 1 heterocycles. The summed E-state index contributed by atoms with van der Waals surface area (Å²) in [6.07, 6.45) is 0. The van der Waals surface area contributed by atoms with Gasteiger partial charge in [0.2, 0.25) is 0 Å². The molecule has 0 bridgehead atoms. The van der Waals surface area contributed by atoms with Crippen LogP contribution in [0, 0.1) is 5.41 Å². The van der Waals surface area contributed by atoms with Gasteiger partial charge in [-0.2, -0.15) is 0 Å². The summed E-state index contributed by atoms with van der Waals surface area (Å²) in [5.41, 5.74) is 0.328. The number of halogens is 1. The van der Waals surface area contributed by atoms with Crippen molar-refractivity contribution >= 4 is 27.3 Å². The molecule has 1 N–H and O–H groups in total. The maximum absolute atomic E-state index is 3.54. The fraction of sp³-hybridized carbons (Fsp3) is 0.636. The van der Waals surface area contributed by atoms with E-state index in [9.17, 15) is 0 Å². The summed E-state index contributed by atoms with van der Waals surface area (Å²) in [5, 5.41) is 3.54. The van der Waals surface area contributed by atoms with Crippen molar-refractivity contribution in [2.24, 2.45) is 5.41 Å². The monoisotopic (exact) mass is 275 g/mol. The molecular formula is C11H18BrNS. The Morgan fingerprint density at radius 1 is 1.43 bits per heavy atom. The number of hydrogen-bond donors (Lipinski definition) is 1. The fourth-order valence-electron chi connectivity index (χ4n) is 1.01. The summed E-state index contributed by atoms with van der Waals surface area (Å²) in [4.78, 5) is 1.38. The van der Waals surface area contributed by atoms with Crippen LogP contribution in [0.15, 0.2) is 15.9 Å². The van der Waals surface area contributed by atoms with Gasteiger partial charge in [0, 0.05) is 17.5 Å². The molecule has 0 fully saturated rings. The molecular weight excluding hydrogens is 258 g/mol. The molecule has 0 radical (unpaired) electrons. The van der Waals surface area contributed by atoms with Crippen molar-refractivity contribution in [1.82, 2.24) is 5.32 Å². The zero-order valence-electron chi connectivity index (χ0n) is 9.23. The zero-order valence-corrected chi connectivity index (χ0v) is 11.6. The molecule has 1 nitrogen and oxygen atoms in total. The second-order valence-corrected chi connectivity index (χ2v) is 7.22. The first kappa shape index (κ1) is 12.2. The van der Waals surface area contributed by atoms with Gasteiger partial charge in [0.1, 0.15) is 0 Å². The lowest BCUT2D eigenvalue weighted by molar-refractivity contribution is 0.286. The molecule has 0 aromatic carbocycles. The first-order valence-electron chi connectivity index (χ1n) is 4.87. The zero-order chi connectivity index (χ0) is 10.8. The summed E-state index contributed by atoms with van der Waals surface area (Å²) in [6, 6.07) is 4.80. The lowest BCUT2D eigenvalue weighted by Crippen LogP contribution is -2.36. The number of thiophene rings is 1. The highest BCUT2D eigenvalue weighted by Crippen LogP contribution is 2.23. The van der Waals surface area contributed by atoms with Crippen LogP contribution in [0.1, 0.15) is 32.6 Å². The molecule has 0 amide bonds. The van der Waals surface area contributed by atoms with Crippen molar-refractivity contribution < 1.29 is 0 Å². The van der Waals surface area contributed by atoms with Crippen LogP contribution in [-0.4, -0.2) is 6.04 Å². The predicted octanol–water partition coefficient (Wildman–Crippen LogP) is 4.03. The second kappa shape index (κ2) is 4.77. The number of nitrogens with one attached hydrogen (secondary N) is 1. The van der Waals surface area contributed by atoms with Gasteiger partial charge in [-0.25, -0.2) is 0 Å². The van der Waals surface area contributed by atoms with Crippen LogP contribution in [0.25, 0.3) is 0 Å². The van der Waals surface area contributed by atoms with E-state index in [1.807, 2.05) is 0 Å². The fourth-order valence-corrected chi connectivity index (χ4v) is 2.44. The normalized spacial score (nSPS) is 14.4. The van der Waals surface area contributed by atoms with Gasteiger partial charge in [-0.3, -0.25) is 0 Å². The third-order valence-corrected chi connectivity index (χ3v) is 4.13. The molecule has 0 saturated carbocycles. The first-order chi connectivity index (χ1) is 6.39. The van der Waals surface area contributed by atoms with Gasteiger partial charge in [0.15, 0.2) is 0 Å². The molecule has 14 heavy (non-hydrogen) atoms. The number of rotatable bonds is 3. The smallest absolute Gasteiger partial charge is 0.0701 e. The minimum Gasteiger partial charge on any atom is -0.309 e. The number of hydrogen-bond acceptors (Lipinski definition) is 2. The van der Waals surface area contributed by atoms with Gasteiger partial charge in [-0.1, -0.05) is 20.8 Å². The van der Waals surface area contributed by atoms with Crippen LogP contribution in [0.5, 0.6) is 0 Å². The molecule has 1 unspecified atom stereocenters. The van der Waals surface area contributed by atoms with E-state index in [-0.39, 0.29) is 0 Å². The molecule has 0 spiro atoms. The molecule has 1 aromatic rings. The minimum atomic E-state index is 0.328. The molecule has 1 atom stereocenters. The SMILES string of the molecule is CC(NCc1ccc(Br)s1)C(C)(C)C. The van der Waals surface area contributed by atoms with E-state index >= 15 is 0 Å². The molecule has 80 valence electrons. The van der Waals surface area contributed by atoms with Crippen molar-refractivity contribution in [3.63, 3.8) is 0 Å². The summed E-state index contributed by atoms with van der Waals surface area (Å²) in [6.45, 7) is 9.98. The van der Waals surface area contributed by atoms with Crippen molar-refractivity contribution in [3.8, 4) is 0 Å². The van der Waals surface area contributed by atoms with Gasteiger partial charge >= 0.3 is 0 Å². The van der Waals surface area contributed by atoms with Crippen molar-refractivity contribution in [2.75, 3.05) is 0 Å². The quantitative estimate of drug-likeness (QED) is 0.878. The Kier molecular flexibility index (Phi) is 4.16. The largest absolute Gasteiger partial charge is 0.309 e. The maximum Gasteiger partial charge on any atom is 0.0701 e. The lowest BCUT2D eigenvalue weighted by Gasteiger charge is -2.28. The molecule has 0 saturated heterocycles. The van der Waals surface area contributed by atoms with E-state index in [0.717, 1.165) is 6.54 Å². The van der Waals surface area contributed by atoms with Crippen molar-refractivity contribution in [1.29, 1.82) is 0 Å².